The fourth-order valence-electron chi connectivity index (χ4n) is 1.42. The van der Waals surface area contributed by atoms with E-state index in [-0.39, 0.29) is 0 Å². The Morgan fingerprint density at radius 1 is 1.55 bits per heavy atom. The first-order valence-electron chi connectivity index (χ1n) is 6.81. The average molecular weight is 296 g/mol. The lowest BCUT2D eigenvalue weighted by Crippen LogP contribution is -2.19. The predicted octanol–water partition coefficient (Wildman–Crippen LogP) is 3.44. The van der Waals surface area contributed by atoms with E-state index in [1.54, 1.807) is 17.6 Å². The summed E-state index contributed by atoms with van der Waals surface area (Å²) in [6, 6.07) is 3.29. The number of rotatable bonds is 7. The van der Waals surface area contributed by atoms with Gasteiger partial charge in [0.15, 0.2) is 0 Å². The molecule has 0 amide bonds. The smallest absolute Gasteiger partial charge is 0.328 e. The Labute approximate surface area is 125 Å². The molecule has 0 radical (unpaired) electrons. The molecule has 1 rings (SSSR count). The number of aliphatic carboxylic acids is 1. The van der Waals surface area contributed by atoms with Crippen LogP contribution in [0.2, 0.25) is 0 Å². The molecular formula is C15H24N2O2S. The van der Waals surface area contributed by atoms with E-state index >= 15 is 0 Å². The quantitative estimate of drug-likeness (QED) is 0.757. The van der Waals surface area contributed by atoms with E-state index < -0.39 is 12.0 Å². The highest BCUT2D eigenvalue weighted by atomic mass is 32.1. The third-order valence-electron chi connectivity index (χ3n) is 2.34. The first kappa shape index (κ1) is 18.5. The number of carbonyl (C=O) groups is 1. The molecule has 4 nitrogen and oxygen atoms in total. The van der Waals surface area contributed by atoms with E-state index in [9.17, 15) is 4.79 Å². The van der Waals surface area contributed by atoms with Gasteiger partial charge in [-0.15, -0.1) is 11.3 Å². The van der Waals surface area contributed by atoms with E-state index in [2.05, 4.69) is 4.99 Å². The number of nitrogens with two attached hydrogens (primary N) is 1. The SMILES string of the molecule is C/C(C=NC(CCCN)C(=O)O)=C\c1cccs1.CC. The van der Waals surface area contributed by atoms with Gasteiger partial charge in [0.05, 0.1) is 0 Å². The summed E-state index contributed by atoms with van der Waals surface area (Å²) in [7, 11) is 0. The molecule has 20 heavy (non-hydrogen) atoms. The lowest BCUT2D eigenvalue weighted by atomic mass is 10.1. The zero-order chi connectivity index (χ0) is 15.4. The van der Waals surface area contributed by atoms with Crippen molar-refractivity contribution in [1.29, 1.82) is 0 Å². The van der Waals surface area contributed by atoms with Gasteiger partial charge in [0.25, 0.3) is 0 Å². The normalized spacial score (nSPS) is 12.9. The molecule has 0 saturated heterocycles. The van der Waals surface area contributed by atoms with Crippen LogP contribution in [0.25, 0.3) is 6.08 Å². The maximum Gasteiger partial charge on any atom is 0.328 e. The van der Waals surface area contributed by atoms with Gasteiger partial charge >= 0.3 is 5.97 Å². The van der Waals surface area contributed by atoms with E-state index in [0.29, 0.717) is 19.4 Å². The molecule has 1 aromatic heterocycles. The first-order chi connectivity index (χ1) is 9.63. The number of hydrogen-bond acceptors (Lipinski definition) is 4. The summed E-state index contributed by atoms with van der Waals surface area (Å²) in [6.07, 6.45) is 4.75. The number of nitrogens with zero attached hydrogens (tertiary/aromatic N) is 1. The number of hydrogen-bond donors (Lipinski definition) is 2. The van der Waals surface area contributed by atoms with Crippen molar-refractivity contribution >= 4 is 29.6 Å². The van der Waals surface area contributed by atoms with Crippen LogP contribution in [0.1, 0.15) is 38.5 Å². The Morgan fingerprint density at radius 2 is 2.25 bits per heavy atom. The number of thiophene rings is 1. The fraction of sp³-hybridized carbons (Fsp3) is 0.467. The Bertz CT molecular complexity index is 425. The predicted molar refractivity (Wildman–Crippen MR) is 87.5 cm³/mol. The maximum atomic E-state index is 11.0. The van der Waals surface area contributed by atoms with Crippen LogP contribution in [0.3, 0.4) is 0 Å². The maximum absolute atomic E-state index is 11.0. The van der Waals surface area contributed by atoms with Crippen LogP contribution in [0.5, 0.6) is 0 Å². The molecule has 1 heterocycles. The molecule has 1 unspecified atom stereocenters. The molecule has 112 valence electrons. The molecule has 5 heteroatoms. The second-order valence-corrected chi connectivity index (χ2v) is 4.95. The van der Waals surface area contributed by atoms with Gasteiger partial charge in [-0.1, -0.05) is 19.9 Å². The minimum Gasteiger partial charge on any atom is -0.480 e. The molecule has 0 spiro atoms. The third kappa shape index (κ3) is 7.86. The zero-order valence-corrected chi connectivity index (χ0v) is 13.2. The summed E-state index contributed by atoms with van der Waals surface area (Å²) in [5.74, 6) is -0.899. The fourth-order valence-corrected chi connectivity index (χ4v) is 2.14. The van der Waals surface area contributed by atoms with Crippen molar-refractivity contribution in [2.45, 2.75) is 39.7 Å². The second kappa shape index (κ2) is 11.4. The first-order valence-corrected chi connectivity index (χ1v) is 7.69. The topological polar surface area (TPSA) is 75.7 Å². The van der Waals surface area contributed by atoms with Gasteiger partial charge < -0.3 is 10.8 Å². The average Bonchev–Trinajstić information content (AvgIpc) is 2.93. The van der Waals surface area contributed by atoms with Crippen molar-refractivity contribution in [3.63, 3.8) is 0 Å². The second-order valence-electron chi connectivity index (χ2n) is 3.97. The molecule has 0 bridgehead atoms. The standard InChI is InChI=1S/C13H18N2O2S.C2H6/c1-10(8-11-4-3-7-18-11)9-15-12(13(16)17)5-2-6-14;1-2/h3-4,7-9,12H,2,5-6,14H2,1H3,(H,16,17);1-2H3/b10-8+,15-9?;. The van der Waals surface area contributed by atoms with E-state index in [1.807, 2.05) is 44.4 Å². The number of carboxylic acids is 1. The summed E-state index contributed by atoms with van der Waals surface area (Å²) in [5.41, 5.74) is 6.31. The lowest BCUT2D eigenvalue weighted by Gasteiger charge is -2.05. The van der Waals surface area contributed by atoms with Crippen molar-refractivity contribution in [2.24, 2.45) is 10.7 Å². The van der Waals surface area contributed by atoms with Crippen molar-refractivity contribution < 1.29 is 9.90 Å². The highest BCUT2D eigenvalue weighted by Gasteiger charge is 2.13. The van der Waals surface area contributed by atoms with Gasteiger partial charge in [-0.05, 0) is 49.4 Å². The van der Waals surface area contributed by atoms with Crippen LogP contribution in [-0.2, 0) is 4.79 Å². The van der Waals surface area contributed by atoms with Crippen LogP contribution < -0.4 is 5.73 Å². The van der Waals surface area contributed by atoms with E-state index in [1.165, 1.54) is 0 Å². The van der Waals surface area contributed by atoms with Crippen LogP contribution >= 0.6 is 11.3 Å². The molecule has 3 N–H and O–H groups in total. The van der Waals surface area contributed by atoms with Crippen LogP contribution in [0.4, 0.5) is 0 Å². The van der Waals surface area contributed by atoms with Gasteiger partial charge in [0.2, 0.25) is 0 Å². The molecule has 0 aliphatic carbocycles. The molecule has 0 aliphatic rings. The highest BCUT2D eigenvalue weighted by molar-refractivity contribution is 7.10. The Morgan fingerprint density at radius 3 is 2.75 bits per heavy atom. The van der Waals surface area contributed by atoms with Gasteiger partial charge in [-0.25, -0.2) is 4.79 Å². The molecule has 1 aromatic rings. The van der Waals surface area contributed by atoms with E-state index in [4.69, 9.17) is 10.8 Å². The van der Waals surface area contributed by atoms with Gasteiger partial charge in [0, 0.05) is 11.1 Å². The van der Waals surface area contributed by atoms with Gasteiger partial charge in [-0.3, -0.25) is 4.99 Å². The summed E-state index contributed by atoms with van der Waals surface area (Å²) in [4.78, 5) is 16.2. The molecular weight excluding hydrogens is 272 g/mol. The molecule has 0 aromatic carbocycles. The van der Waals surface area contributed by atoms with Crippen LogP contribution in [0.15, 0.2) is 28.1 Å². The zero-order valence-electron chi connectivity index (χ0n) is 12.4. The van der Waals surface area contributed by atoms with Gasteiger partial charge in [0.1, 0.15) is 6.04 Å². The Kier molecular flexibility index (Phi) is 10.5. The number of allylic oxidation sites excluding steroid dienone is 1. The molecule has 0 saturated carbocycles. The van der Waals surface area contributed by atoms with Crippen molar-refractivity contribution in [3.05, 3.63) is 28.0 Å². The van der Waals surface area contributed by atoms with Crippen LogP contribution in [0, 0.1) is 0 Å². The summed E-state index contributed by atoms with van der Waals surface area (Å²) in [6.45, 7) is 6.40. The van der Waals surface area contributed by atoms with Crippen molar-refractivity contribution in [1.82, 2.24) is 0 Å². The van der Waals surface area contributed by atoms with Gasteiger partial charge in [-0.2, -0.15) is 0 Å². The van der Waals surface area contributed by atoms with Crippen LogP contribution in [-0.4, -0.2) is 29.9 Å². The summed E-state index contributed by atoms with van der Waals surface area (Å²) < 4.78 is 0. The summed E-state index contributed by atoms with van der Waals surface area (Å²) in [5, 5.41) is 11.0. The summed E-state index contributed by atoms with van der Waals surface area (Å²) >= 11 is 1.63. The van der Waals surface area contributed by atoms with Crippen molar-refractivity contribution in [2.75, 3.05) is 6.54 Å². The lowest BCUT2D eigenvalue weighted by molar-refractivity contribution is -0.138. The third-order valence-corrected chi connectivity index (χ3v) is 3.16. The minimum absolute atomic E-state index is 0.481. The molecule has 1 atom stereocenters. The largest absolute Gasteiger partial charge is 0.480 e. The monoisotopic (exact) mass is 296 g/mol. The molecule has 0 aliphatic heterocycles. The minimum atomic E-state index is -0.899. The highest BCUT2D eigenvalue weighted by Crippen LogP contribution is 2.12. The molecule has 0 fully saturated rings. The van der Waals surface area contributed by atoms with E-state index in [0.717, 1.165) is 10.5 Å². The number of carboxylic acid groups (broad SMARTS) is 1. The number of aliphatic imine (C=N–C) groups is 1. The Hall–Kier alpha value is -1.46. The Balaban J connectivity index is 0.00000172. The van der Waals surface area contributed by atoms with Crippen molar-refractivity contribution in [3.8, 4) is 0 Å².